The lowest BCUT2D eigenvalue weighted by Crippen LogP contribution is -2.43. The van der Waals surface area contributed by atoms with Gasteiger partial charge < -0.3 is 18.7 Å². The maximum atomic E-state index is 12.1. The number of likely N-dealkylation sites (N-methyl/N-ethyl adjacent to an activating group) is 1. The number of carboxylic acid groups (broad SMARTS) is 1. The van der Waals surface area contributed by atoms with E-state index >= 15 is 0 Å². The molecule has 0 spiro atoms. The number of hydrogen-bond acceptors (Lipinski definition) is 4. The van der Waals surface area contributed by atoms with Crippen LogP contribution in [0.3, 0.4) is 0 Å². The highest BCUT2D eigenvalue weighted by molar-refractivity contribution is 5.71. The lowest BCUT2D eigenvalue weighted by atomic mass is 10.0. The van der Waals surface area contributed by atoms with Crippen LogP contribution in [0.1, 0.15) is 93.8 Å². The Bertz CT molecular complexity index is 702. The van der Waals surface area contributed by atoms with E-state index in [1.165, 1.54) is 30.4 Å². The Kier molecular flexibility index (Phi) is 12.7. The number of aliphatic carboxylic acids is 1. The van der Waals surface area contributed by atoms with E-state index in [0.717, 1.165) is 56.5 Å². The highest BCUT2D eigenvalue weighted by Gasteiger charge is 2.24. The minimum Gasteiger partial charge on any atom is -0.481 e. The third kappa shape index (κ3) is 11.7. The molecule has 6 nitrogen and oxygen atoms in total. The average molecular weight is 453 g/mol. The van der Waals surface area contributed by atoms with E-state index in [2.05, 4.69) is 20.8 Å². The summed E-state index contributed by atoms with van der Waals surface area (Å²) < 4.78 is 12.1. The first-order chi connectivity index (χ1) is 15.0. The fourth-order valence-electron chi connectivity index (χ4n) is 4.06. The molecule has 1 N–H and O–H groups in total. The third-order valence-corrected chi connectivity index (χ3v) is 5.86. The van der Waals surface area contributed by atoms with Crippen molar-refractivity contribution in [2.75, 3.05) is 27.7 Å². The quantitative estimate of drug-likeness (QED) is 0.189. The van der Waals surface area contributed by atoms with Crippen LogP contribution in [0.5, 0.6) is 0 Å². The zero-order valence-corrected chi connectivity index (χ0v) is 21.3. The number of esters is 1. The van der Waals surface area contributed by atoms with Gasteiger partial charge in [0.05, 0.1) is 27.6 Å². The molecule has 184 valence electrons. The summed E-state index contributed by atoms with van der Waals surface area (Å²) in [6.07, 6.45) is 10.5. The van der Waals surface area contributed by atoms with E-state index in [9.17, 15) is 9.59 Å². The number of ether oxygens (including phenoxy) is 1. The van der Waals surface area contributed by atoms with E-state index in [1.54, 1.807) is 0 Å². The number of carbonyl (C=O) groups excluding carboxylic acids is 1. The highest BCUT2D eigenvalue weighted by Crippen LogP contribution is 2.24. The van der Waals surface area contributed by atoms with Crippen molar-refractivity contribution < 1.29 is 28.3 Å². The molecule has 0 aliphatic heterocycles. The molecule has 0 amide bonds. The first kappa shape index (κ1) is 28.2. The average Bonchev–Trinajstić information content (AvgIpc) is 2.93. The molecule has 1 unspecified atom stereocenters. The van der Waals surface area contributed by atoms with Gasteiger partial charge in [0.2, 0.25) is 0 Å². The van der Waals surface area contributed by atoms with Gasteiger partial charge in [0, 0.05) is 19.3 Å². The summed E-state index contributed by atoms with van der Waals surface area (Å²) in [5.74, 6) is 1.10. The lowest BCUT2D eigenvalue weighted by molar-refractivity contribution is -0.873. The number of quaternary nitrogens is 1. The summed E-state index contributed by atoms with van der Waals surface area (Å²) in [5, 5.41) is 9.04. The SMILES string of the molecule is CCCc1oc(CCCCCCCCCC(=O)OC(CC(=O)O)C[N+](C)(C)C)c(C)c1C. The molecule has 1 aromatic heterocycles. The Hall–Kier alpha value is -1.82. The Labute approximate surface area is 194 Å². The van der Waals surface area contributed by atoms with Gasteiger partial charge in [-0.1, -0.05) is 39.0 Å². The molecule has 0 saturated heterocycles. The molecule has 1 rings (SSSR count). The predicted molar refractivity (Wildman–Crippen MR) is 128 cm³/mol. The van der Waals surface area contributed by atoms with Crippen LogP contribution in [-0.2, 0) is 27.2 Å². The fraction of sp³-hybridized carbons (Fsp3) is 0.769. The minimum atomic E-state index is -0.935. The van der Waals surface area contributed by atoms with Crippen molar-refractivity contribution in [3.05, 3.63) is 22.6 Å². The molecule has 0 radical (unpaired) electrons. The second-order valence-electron chi connectivity index (χ2n) is 10.1. The van der Waals surface area contributed by atoms with Gasteiger partial charge in [-0.25, -0.2) is 0 Å². The summed E-state index contributed by atoms with van der Waals surface area (Å²) >= 11 is 0. The van der Waals surface area contributed by atoms with Gasteiger partial charge in [-0.3, -0.25) is 9.59 Å². The van der Waals surface area contributed by atoms with Crippen molar-refractivity contribution in [2.24, 2.45) is 0 Å². The number of nitrogens with zero attached hydrogens (tertiary/aromatic N) is 1. The topological polar surface area (TPSA) is 76.7 Å². The molecule has 32 heavy (non-hydrogen) atoms. The standard InChI is InChI=1S/C26H45NO5/c1-7-15-23-20(2)21(3)24(32-23)16-13-11-9-8-10-12-14-17-26(30)31-22(18-25(28)29)19-27(4,5)6/h22H,7-19H2,1-6H3/p+1. The number of rotatable bonds is 17. The highest BCUT2D eigenvalue weighted by atomic mass is 16.5. The summed E-state index contributed by atoms with van der Waals surface area (Å²) in [6.45, 7) is 7.02. The van der Waals surface area contributed by atoms with Gasteiger partial charge in [-0.2, -0.15) is 0 Å². The van der Waals surface area contributed by atoms with Crippen molar-refractivity contribution in [3.8, 4) is 0 Å². The van der Waals surface area contributed by atoms with Crippen molar-refractivity contribution >= 4 is 11.9 Å². The molecular formula is C26H46NO5+. The van der Waals surface area contributed by atoms with Crippen molar-refractivity contribution in [1.29, 1.82) is 0 Å². The van der Waals surface area contributed by atoms with Crippen molar-refractivity contribution in [1.82, 2.24) is 0 Å². The second kappa shape index (κ2) is 14.4. The zero-order chi connectivity index (χ0) is 24.1. The third-order valence-electron chi connectivity index (χ3n) is 5.86. The van der Waals surface area contributed by atoms with E-state index in [0.29, 0.717) is 17.4 Å². The molecule has 0 saturated carbocycles. The van der Waals surface area contributed by atoms with Crippen molar-refractivity contribution in [2.45, 2.75) is 104 Å². The number of furan rings is 1. The van der Waals surface area contributed by atoms with Gasteiger partial charge in [0.25, 0.3) is 0 Å². The maximum Gasteiger partial charge on any atom is 0.307 e. The van der Waals surface area contributed by atoms with E-state index in [-0.39, 0.29) is 12.4 Å². The Morgan fingerprint density at radius 2 is 1.44 bits per heavy atom. The second-order valence-corrected chi connectivity index (χ2v) is 10.1. The van der Waals surface area contributed by atoms with Crippen LogP contribution >= 0.6 is 0 Å². The van der Waals surface area contributed by atoms with Crippen LogP contribution in [0.4, 0.5) is 0 Å². The molecule has 0 bridgehead atoms. The van der Waals surface area contributed by atoms with Gasteiger partial charge in [0.1, 0.15) is 18.1 Å². The van der Waals surface area contributed by atoms with Gasteiger partial charge in [0.15, 0.2) is 6.10 Å². The summed E-state index contributed by atoms with van der Waals surface area (Å²) in [4.78, 5) is 23.1. The monoisotopic (exact) mass is 452 g/mol. The number of unbranched alkanes of at least 4 members (excludes halogenated alkanes) is 6. The summed E-state index contributed by atoms with van der Waals surface area (Å²) in [5.41, 5.74) is 2.65. The van der Waals surface area contributed by atoms with Gasteiger partial charge in [-0.15, -0.1) is 0 Å². The molecule has 0 aliphatic rings. The van der Waals surface area contributed by atoms with Crippen molar-refractivity contribution in [3.63, 3.8) is 0 Å². The smallest absolute Gasteiger partial charge is 0.307 e. The number of carbonyl (C=O) groups is 2. The number of carboxylic acids is 1. The molecule has 1 atom stereocenters. The van der Waals surface area contributed by atoms with Crippen LogP contribution in [-0.4, -0.2) is 55.3 Å². The fourth-order valence-corrected chi connectivity index (χ4v) is 4.06. The van der Waals surface area contributed by atoms with E-state index < -0.39 is 12.1 Å². The predicted octanol–water partition coefficient (Wildman–Crippen LogP) is 5.60. The molecule has 1 heterocycles. The molecule has 0 aliphatic carbocycles. The Morgan fingerprint density at radius 1 is 0.906 bits per heavy atom. The number of aryl methyl sites for hydroxylation is 2. The maximum absolute atomic E-state index is 12.1. The molecule has 1 aromatic rings. The lowest BCUT2D eigenvalue weighted by Gasteiger charge is -2.28. The Balaban J connectivity index is 2.15. The van der Waals surface area contributed by atoms with Crippen LogP contribution in [0, 0.1) is 13.8 Å². The van der Waals surface area contributed by atoms with E-state index in [4.69, 9.17) is 14.3 Å². The normalized spacial score (nSPS) is 12.7. The first-order valence-electron chi connectivity index (χ1n) is 12.3. The molecule has 6 heteroatoms. The van der Waals surface area contributed by atoms with Crippen LogP contribution < -0.4 is 0 Å². The van der Waals surface area contributed by atoms with Crippen LogP contribution in [0.15, 0.2) is 4.42 Å². The molecular weight excluding hydrogens is 406 g/mol. The number of hydrogen-bond donors (Lipinski definition) is 1. The zero-order valence-electron chi connectivity index (χ0n) is 21.3. The summed E-state index contributed by atoms with van der Waals surface area (Å²) in [7, 11) is 5.88. The van der Waals surface area contributed by atoms with Gasteiger partial charge >= 0.3 is 11.9 Å². The van der Waals surface area contributed by atoms with E-state index in [1.807, 2.05) is 21.1 Å². The van der Waals surface area contributed by atoms with Crippen LogP contribution in [0.25, 0.3) is 0 Å². The minimum absolute atomic E-state index is 0.141. The first-order valence-corrected chi connectivity index (χ1v) is 12.3. The largest absolute Gasteiger partial charge is 0.481 e. The summed E-state index contributed by atoms with van der Waals surface area (Å²) in [6, 6.07) is 0. The molecule has 0 aromatic carbocycles. The molecule has 0 fully saturated rings. The van der Waals surface area contributed by atoms with Gasteiger partial charge in [-0.05, 0) is 44.2 Å². The Morgan fingerprint density at radius 3 is 1.97 bits per heavy atom. The van der Waals surface area contributed by atoms with Crippen LogP contribution in [0.2, 0.25) is 0 Å².